The molecule has 0 spiro atoms. The number of carbonyl (C=O) groups is 2. The van der Waals surface area contributed by atoms with E-state index < -0.39 is 6.04 Å². The molecule has 198 valence electrons. The lowest BCUT2D eigenvalue weighted by Crippen LogP contribution is -2.41. The zero-order valence-corrected chi connectivity index (χ0v) is 22.1. The van der Waals surface area contributed by atoms with Gasteiger partial charge in [0.1, 0.15) is 5.75 Å². The fraction of sp³-hybridized carbons (Fsp3) is 0.188. The summed E-state index contributed by atoms with van der Waals surface area (Å²) in [6.45, 7) is 2.51. The molecule has 7 heteroatoms. The van der Waals surface area contributed by atoms with Crippen LogP contribution in [0.2, 0.25) is 0 Å². The van der Waals surface area contributed by atoms with Gasteiger partial charge in [0.05, 0.1) is 33.3 Å². The van der Waals surface area contributed by atoms with Crippen LogP contribution in [-0.4, -0.2) is 32.6 Å². The van der Waals surface area contributed by atoms with E-state index in [1.807, 2.05) is 85.8 Å². The van der Waals surface area contributed by atoms with Crippen LogP contribution in [-0.2, 0) is 11.2 Å². The molecule has 39 heavy (non-hydrogen) atoms. The van der Waals surface area contributed by atoms with Gasteiger partial charge in [0.15, 0.2) is 11.5 Å². The van der Waals surface area contributed by atoms with E-state index in [4.69, 9.17) is 14.2 Å². The Morgan fingerprint density at radius 1 is 0.897 bits per heavy atom. The third-order valence-corrected chi connectivity index (χ3v) is 6.75. The fourth-order valence-electron chi connectivity index (χ4n) is 4.91. The van der Waals surface area contributed by atoms with Gasteiger partial charge < -0.3 is 24.4 Å². The first-order valence-corrected chi connectivity index (χ1v) is 12.8. The molecule has 0 fully saturated rings. The molecule has 7 nitrogen and oxygen atoms in total. The van der Waals surface area contributed by atoms with Crippen molar-refractivity contribution >= 4 is 23.2 Å². The average molecular weight is 523 g/mol. The Labute approximate surface area is 227 Å². The first-order chi connectivity index (χ1) is 19.0. The van der Waals surface area contributed by atoms with Crippen LogP contribution in [0.3, 0.4) is 0 Å². The molecule has 0 bridgehead atoms. The quantitative estimate of drug-likeness (QED) is 0.306. The summed E-state index contributed by atoms with van der Waals surface area (Å²) in [7, 11) is 3.18. The number of methoxy groups -OCH3 is 2. The van der Waals surface area contributed by atoms with Crippen molar-refractivity contribution in [2.24, 2.45) is 0 Å². The lowest BCUT2D eigenvalue weighted by atomic mass is 9.86. The second-order valence-electron chi connectivity index (χ2n) is 9.12. The normalized spacial score (nSPS) is 14.4. The van der Waals surface area contributed by atoms with Crippen molar-refractivity contribution in [2.75, 3.05) is 31.0 Å². The first-order valence-electron chi connectivity index (χ1n) is 12.8. The standard InChI is InChI=1S/C32H30N2O5/c1-4-39-26-16-12-21(13-17-26)31-27-20-29(38-3)28(37-2)18-23(27)19-30(35)34(31)25-14-10-22(11-15-25)32(36)33-24-8-6-5-7-9-24/h5-18,20,31H,4,19H2,1-3H3,(H,33,36). The van der Waals surface area contributed by atoms with Gasteiger partial charge in [-0.15, -0.1) is 0 Å². The second-order valence-corrected chi connectivity index (χ2v) is 9.12. The molecule has 1 heterocycles. The van der Waals surface area contributed by atoms with Crippen LogP contribution in [0.4, 0.5) is 11.4 Å². The van der Waals surface area contributed by atoms with E-state index in [0.717, 1.165) is 22.4 Å². The van der Waals surface area contributed by atoms with Crippen LogP contribution in [0.25, 0.3) is 0 Å². The number of nitrogens with zero attached hydrogens (tertiary/aromatic N) is 1. The highest BCUT2D eigenvalue weighted by atomic mass is 16.5. The highest BCUT2D eigenvalue weighted by Crippen LogP contribution is 2.43. The molecule has 0 radical (unpaired) electrons. The molecule has 1 aliphatic rings. The molecule has 5 rings (SSSR count). The lowest BCUT2D eigenvalue weighted by Gasteiger charge is -2.38. The summed E-state index contributed by atoms with van der Waals surface area (Å²) in [5, 5.41) is 2.90. The van der Waals surface area contributed by atoms with Crippen LogP contribution in [0.5, 0.6) is 17.2 Å². The Bertz CT molecular complexity index is 1470. The highest BCUT2D eigenvalue weighted by molar-refractivity contribution is 6.05. The highest BCUT2D eigenvalue weighted by Gasteiger charge is 2.36. The molecular weight excluding hydrogens is 492 g/mol. The summed E-state index contributed by atoms with van der Waals surface area (Å²) >= 11 is 0. The van der Waals surface area contributed by atoms with Gasteiger partial charge in [-0.25, -0.2) is 0 Å². The number of amides is 2. The fourth-order valence-corrected chi connectivity index (χ4v) is 4.91. The maximum atomic E-state index is 13.7. The average Bonchev–Trinajstić information content (AvgIpc) is 2.97. The van der Waals surface area contributed by atoms with E-state index in [0.29, 0.717) is 35.0 Å². The van der Waals surface area contributed by atoms with Crippen LogP contribution >= 0.6 is 0 Å². The summed E-state index contributed by atoms with van der Waals surface area (Å²) in [5.74, 6) is 1.65. The van der Waals surface area contributed by atoms with E-state index in [1.165, 1.54) is 0 Å². The van der Waals surface area contributed by atoms with Gasteiger partial charge in [0.25, 0.3) is 5.91 Å². The van der Waals surface area contributed by atoms with Crippen LogP contribution in [0.1, 0.15) is 40.0 Å². The van der Waals surface area contributed by atoms with Gasteiger partial charge in [-0.05, 0) is 84.3 Å². The van der Waals surface area contributed by atoms with Crippen molar-refractivity contribution in [2.45, 2.75) is 19.4 Å². The number of para-hydroxylation sites is 1. The van der Waals surface area contributed by atoms with Crippen molar-refractivity contribution in [3.8, 4) is 17.2 Å². The SMILES string of the molecule is CCOc1ccc(C2c3cc(OC)c(OC)cc3CC(=O)N2c2ccc(C(=O)Nc3ccccc3)cc2)cc1. The number of nitrogens with one attached hydrogen (secondary N) is 1. The number of hydrogen-bond acceptors (Lipinski definition) is 5. The van der Waals surface area contributed by atoms with E-state index >= 15 is 0 Å². The van der Waals surface area contributed by atoms with Gasteiger partial charge in [-0.2, -0.15) is 0 Å². The smallest absolute Gasteiger partial charge is 0.255 e. The van der Waals surface area contributed by atoms with E-state index in [-0.39, 0.29) is 18.2 Å². The van der Waals surface area contributed by atoms with Crippen molar-refractivity contribution in [3.63, 3.8) is 0 Å². The molecule has 0 saturated heterocycles. The van der Waals surface area contributed by atoms with Gasteiger partial charge in [0, 0.05) is 16.9 Å². The maximum Gasteiger partial charge on any atom is 0.255 e. The van der Waals surface area contributed by atoms with E-state index in [9.17, 15) is 9.59 Å². The minimum absolute atomic E-state index is 0.0601. The molecule has 0 aliphatic carbocycles. The predicted molar refractivity (Wildman–Crippen MR) is 151 cm³/mol. The Morgan fingerprint density at radius 2 is 1.56 bits per heavy atom. The molecule has 0 saturated carbocycles. The second kappa shape index (κ2) is 11.3. The molecule has 0 aromatic heterocycles. The monoisotopic (exact) mass is 522 g/mol. The number of fused-ring (bicyclic) bond motifs is 1. The third-order valence-electron chi connectivity index (χ3n) is 6.75. The maximum absolute atomic E-state index is 13.7. The first kappa shape index (κ1) is 25.9. The molecule has 4 aromatic carbocycles. The zero-order chi connectivity index (χ0) is 27.4. The summed E-state index contributed by atoms with van der Waals surface area (Å²) in [6.07, 6.45) is 0.208. The predicted octanol–water partition coefficient (Wildman–Crippen LogP) is 6.03. The van der Waals surface area contributed by atoms with Crippen molar-refractivity contribution < 1.29 is 23.8 Å². The Kier molecular flexibility index (Phi) is 7.50. The number of carbonyl (C=O) groups excluding carboxylic acids is 2. The minimum atomic E-state index is -0.416. The number of ether oxygens (including phenoxy) is 3. The van der Waals surface area contributed by atoms with Gasteiger partial charge in [-0.3, -0.25) is 9.59 Å². The third kappa shape index (κ3) is 5.29. The number of benzene rings is 4. The van der Waals surface area contributed by atoms with Crippen LogP contribution in [0.15, 0.2) is 91.0 Å². The largest absolute Gasteiger partial charge is 0.494 e. The summed E-state index contributed by atoms with van der Waals surface area (Å²) in [6, 6.07) is 27.6. The summed E-state index contributed by atoms with van der Waals surface area (Å²) in [5.41, 5.74) is 4.65. The molecule has 1 N–H and O–H groups in total. The van der Waals surface area contributed by atoms with Gasteiger partial charge in [-0.1, -0.05) is 30.3 Å². The summed E-state index contributed by atoms with van der Waals surface area (Å²) in [4.78, 5) is 28.3. The molecule has 1 unspecified atom stereocenters. The van der Waals surface area contributed by atoms with Crippen molar-refractivity contribution in [3.05, 3.63) is 113 Å². The van der Waals surface area contributed by atoms with Crippen LogP contribution in [0, 0.1) is 0 Å². The Hall–Kier alpha value is -4.78. The van der Waals surface area contributed by atoms with Crippen molar-refractivity contribution in [1.82, 2.24) is 0 Å². The van der Waals surface area contributed by atoms with Crippen LogP contribution < -0.4 is 24.4 Å². The molecule has 1 atom stereocenters. The van der Waals surface area contributed by atoms with E-state index in [2.05, 4.69) is 5.32 Å². The molecule has 1 aliphatic heterocycles. The summed E-state index contributed by atoms with van der Waals surface area (Å²) < 4.78 is 16.8. The molecule has 4 aromatic rings. The Morgan fingerprint density at radius 3 is 2.21 bits per heavy atom. The van der Waals surface area contributed by atoms with E-state index in [1.54, 1.807) is 31.3 Å². The van der Waals surface area contributed by atoms with Crippen molar-refractivity contribution in [1.29, 1.82) is 0 Å². The minimum Gasteiger partial charge on any atom is -0.494 e. The molecule has 2 amide bonds. The number of rotatable bonds is 8. The number of hydrogen-bond donors (Lipinski definition) is 1. The topological polar surface area (TPSA) is 77.1 Å². The molecular formula is C32H30N2O5. The lowest BCUT2D eigenvalue weighted by molar-refractivity contribution is -0.118. The number of anilines is 2. The van der Waals surface area contributed by atoms with Gasteiger partial charge in [0.2, 0.25) is 5.91 Å². The van der Waals surface area contributed by atoms with Gasteiger partial charge >= 0.3 is 0 Å². The zero-order valence-electron chi connectivity index (χ0n) is 22.1. The Balaban J connectivity index is 1.54.